The molecule has 0 radical (unpaired) electrons. The van der Waals surface area contributed by atoms with Gasteiger partial charge in [-0.25, -0.2) is 0 Å². The molecule has 0 atom stereocenters. The standard InChI is InChI=1S/C21H24N2O7/c1-3-11-30-18-8-5-14(6-10-20(24)25)12-16(18)22-21(26)15-7-9-19(29-4-2)17(13-15)23(27)28/h5,7-9,12-13H,3-4,6,10-11H2,1-2H3,(H,22,26)(H,24,25). The van der Waals surface area contributed by atoms with Gasteiger partial charge in [0.2, 0.25) is 0 Å². The molecule has 0 bridgehead atoms. The fraction of sp³-hybridized carbons (Fsp3) is 0.333. The fourth-order valence-electron chi connectivity index (χ4n) is 2.69. The maximum absolute atomic E-state index is 12.7. The minimum Gasteiger partial charge on any atom is -0.491 e. The summed E-state index contributed by atoms with van der Waals surface area (Å²) in [7, 11) is 0. The Labute approximate surface area is 173 Å². The third kappa shape index (κ3) is 6.20. The molecule has 2 N–H and O–H groups in total. The number of benzene rings is 2. The Morgan fingerprint density at radius 3 is 2.47 bits per heavy atom. The summed E-state index contributed by atoms with van der Waals surface area (Å²) in [4.78, 5) is 34.3. The Morgan fingerprint density at radius 1 is 1.10 bits per heavy atom. The number of nitrogens with zero attached hydrogens (tertiary/aromatic N) is 1. The fourth-order valence-corrected chi connectivity index (χ4v) is 2.69. The van der Waals surface area contributed by atoms with Gasteiger partial charge >= 0.3 is 11.7 Å². The van der Waals surface area contributed by atoms with E-state index in [-0.39, 0.29) is 30.0 Å². The molecule has 2 rings (SSSR count). The van der Waals surface area contributed by atoms with Gasteiger partial charge in [0.05, 0.1) is 23.8 Å². The molecule has 0 heterocycles. The topological polar surface area (TPSA) is 128 Å². The minimum absolute atomic E-state index is 0.0480. The maximum Gasteiger partial charge on any atom is 0.311 e. The first-order valence-electron chi connectivity index (χ1n) is 9.55. The molecule has 0 saturated heterocycles. The maximum atomic E-state index is 12.7. The number of nitrogens with one attached hydrogen (secondary N) is 1. The van der Waals surface area contributed by atoms with Gasteiger partial charge in [-0.3, -0.25) is 19.7 Å². The van der Waals surface area contributed by atoms with E-state index in [0.29, 0.717) is 30.0 Å². The van der Waals surface area contributed by atoms with Gasteiger partial charge in [-0.1, -0.05) is 13.0 Å². The van der Waals surface area contributed by atoms with Crippen LogP contribution in [0, 0.1) is 10.1 Å². The third-order valence-corrected chi connectivity index (χ3v) is 4.10. The summed E-state index contributed by atoms with van der Waals surface area (Å²) >= 11 is 0. The summed E-state index contributed by atoms with van der Waals surface area (Å²) in [5, 5.41) is 22.9. The van der Waals surface area contributed by atoms with Gasteiger partial charge < -0.3 is 19.9 Å². The number of rotatable bonds is 11. The largest absolute Gasteiger partial charge is 0.491 e. The number of carboxylic acid groups (broad SMARTS) is 1. The van der Waals surface area contributed by atoms with Crippen molar-refractivity contribution in [2.24, 2.45) is 0 Å². The van der Waals surface area contributed by atoms with Gasteiger partial charge in [0, 0.05) is 18.1 Å². The molecule has 0 aliphatic heterocycles. The van der Waals surface area contributed by atoms with Gasteiger partial charge in [0.25, 0.3) is 5.91 Å². The highest BCUT2D eigenvalue weighted by atomic mass is 16.6. The number of aryl methyl sites for hydroxylation is 1. The molecular weight excluding hydrogens is 392 g/mol. The third-order valence-electron chi connectivity index (χ3n) is 4.10. The van der Waals surface area contributed by atoms with Crippen molar-refractivity contribution in [3.8, 4) is 11.5 Å². The van der Waals surface area contributed by atoms with Crippen LogP contribution in [-0.4, -0.2) is 35.1 Å². The predicted octanol–water partition coefficient (Wildman–Crippen LogP) is 4.05. The Kier molecular flexibility index (Phi) is 8.16. The Morgan fingerprint density at radius 2 is 1.83 bits per heavy atom. The number of carboxylic acids is 1. The smallest absolute Gasteiger partial charge is 0.311 e. The molecule has 0 saturated carbocycles. The average molecular weight is 416 g/mol. The first kappa shape index (κ1) is 22.7. The summed E-state index contributed by atoms with van der Waals surface area (Å²) in [5.74, 6) is -0.960. The van der Waals surface area contributed by atoms with Crippen molar-refractivity contribution in [3.63, 3.8) is 0 Å². The van der Waals surface area contributed by atoms with E-state index in [1.54, 1.807) is 25.1 Å². The van der Waals surface area contributed by atoms with E-state index in [4.69, 9.17) is 14.6 Å². The minimum atomic E-state index is -0.923. The van der Waals surface area contributed by atoms with Gasteiger partial charge in [0.15, 0.2) is 5.75 Å². The van der Waals surface area contributed by atoms with Crippen LogP contribution in [0.15, 0.2) is 36.4 Å². The number of nitro groups is 1. The normalized spacial score (nSPS) is 10.3. The molecule has 1 amide bonds. The van der Waals surface area contributed by atoms with Crippen molar-refractivity contribution in [3.05, 3.63) is 57.6 Å². The zero-order valence-corrected chi connectivity index (χ0v) is 16.8. The van der Waals surface area contributed by atoms with Crippen molar-refractivity contribution in [1.29, 1.82) is 0 Å². The van der Waals surface area contributed by atoms with Crippen molar-refractivity contribution in [1.82, 2.24) is 0 Å². The number of carbonyl (C=O) groups is 2. The van der Waals surface area contributed by atoms with Crippen molar-refractivity contribution >= 4 is 23.3 Å². The highest BCUT2D eigenvalue weighted by Crippen LogP contribution is 2.30. The summed E-state index contributed by atoms with van der Waals surface area (Å²) in [6.45, 7) is 4.34. The van der Waals surface area contributed by atoms with E-state index in [0.717, 1.165) is 12.5 Å². The second kappa shape index (κ2) is 10.8. The van der Waals surface area contributed by atoms with Gasteiger partial charge in [-0.15, -0.1) is 0 Å². The highest BCUT2D eigenvalue weighted by Gasteiger charge is 2.19. The van der Waals surface area contributed by atoms with E-state index in [2.05, 4.69) is 5.32 Å². The summed E-state index contributed by atoms with van der Waals surface area (Å²) in [6.07, 6.45) is 1.01. The van der Waals surface area contributed by atoms with Gasteiger partial charge in [0.1, 0.15) is 5.75 Å². The molecule has 9 nitrogen and oxygen atoms in total. The Balaban J connectivity index is 2.30. The number of aliphatic carboxylic acids is 1. The first-order valence-corrected chi connectivity index (χ1v) is 9.55. The zero-order chi connectivity index (χ0) is 22.1. The van der Waals surface area contributed by atoms with E-state index in [1.807, 2.05) is 6.92 Å². The Hall–Kier alpha value is -3.62. The Bertz CT molecular complexity index is 928. The van der Waals surface area contributed by atoms with E-state index in [1.165, 1.54) is 12.1 Å². The number of nitro benzene ring substituents is 1. The SMILES string of the molecule is CCCOc1ccc(CCC(=O)O)cc1NC(=O)c1ccc(OCC)c([N+](=O)[O-])c1. The molecular formula is C21H24N2O7. The lowest BCUT2D eigenvalue weighted by molar-refractivity contribution is -0.385. The summed E-state index contributed by atoms with van der Waals surface area (Å²) in [5.41, 5.74) is 0.867. The molecule has 0 aromatic heterocycles. The van der Waals surface area contributed by atoms with Crippen LogP contribution in [0.4, 0.5) is 11.4 Å². The zero-order valence-electron chi connectivity index (χ0n) is 16.8. The molecule has 0 aliphatic rings. The van der Waals surface area contributed by atoms with Crippen LogP contribution in [0.5, 0.6) is 11.5 Å². The second-order valence-electron chi connectivity index (χ2n) is 6.40. The molecule has 0 fully saturated rings. The summed E-state index contributed by atoms with van der Waals surface area (Å²) in [6, 6.07) is 9.03. The molecule has 160 valence electrons. The highest BCUT2D eigenvalue weighted by molar-refractivity contribution is 6.05. The van der Waals surface area contributed by atoms with E-state index >= 15 is 0 Å². The van der Waals surface area contributed by atoms with Crippen molar-refractivity contribution < 1.29 is 29.1 Å². The number of carbonyl (C=O) groups excluding carboxylic acids is 1. The van der Waals surface area contributed by atoms with Crippen LogP contribution in [-0.2, 0) is 11.2 Å². The van der Waals surface area contributed by atoms with Crippen LogP contribution in [0.3, 0.4) is 0 Å². The predicted molar refractivity (Wildman–Crippen MR) is 110 cm³/mol. The van der Waals surface area contributed by atoms with Crippen LogP contribution in [0.1, 0.15) is 42.6 Å². The van der Waals surface area contributed by atoms with Gasteiger partial charge in [-0.2, -0.15) is 0 Å². The van der Waals surface area contributed by atoms with E-state index < -0.39 is 16.8 Å². The lowest BCUT2D eigenvalue weighted by atomic mass is 10.1. The lowest BCUT2D eigenvalue weighted by Gasteiger charge is -2.14. The number of hydrogen-bond donors (Lipinski definition) is 2. The number of amides is 1. The molecule has 9 heteroatoms. The van der Waals surface area contributed by atoms with Gasteiger partial charge in [-0.05, 0) is 49.6 Å². The molecule has 30 heavy (non-hydrogen) atoms. The van der Waals surface area contributed by atoms with Crippen LogP contribution in [0.25, 0.3) is 0 Å². The van der Waals surface area contributed by atoms with Crippen LogP contribution in [0.2, 0.25) is 0 Å². The molecule has 0 spiro atoms. The first-order chi connectivity index (χ1) is 14.3. The number of anilines is 1. The lowest BCUT2D eigenvalue weighted by Crippen LogP contribution is -2.14. The molecule has 2 aromatic rings. The number of ether oxygens (including phenoxy) is 2. The second-order valence-corrected chi connectivity index (χ2v) is 6.40. The average Bonchev–Trinajstić information content (AvgIpc) is 2.71. The van der Waals surface area contributed by atoms with E-state index in [9.17, 15) is 19.7 Å². The van der Waals surface area contributed by atoms with Crippen molar-refractivity contribution in [2.45, 2.75) is 33.1 Å². The monoisotopic (exact) mass is 416 g/mol. The van der Waals surface area contributed by atoms with Crippen LogP contribution < -0.4 is 14.8 Å². The molecule has 2 aromatic carbocycles. The van der Waals surface area contributed by atoms with Crippen LogP contribution >= 0.6 is 0 Å². The van der Waals surface area contributed by atoms with Crippen molar-refractivity contribution in [2.75, 3.05) is 18.5 Å². The molecule has 0 unspecified atom stereocenters. The molecule has 0 aliphatic carbocycles. The quantitative estimate of drug-likeness (QED) is 0.418. The summed E-state index contributed by atoms with van der Waals surface area (Å²) < 4.78 is 10.9. The number of hydrogen-bond acceptors (Lipinski definition) is 6.